The van der Waals surface area contributed by atoms with E-state index in [0.29, 0.717) is 6.42 Å². The molecule has 1 unspecified atom stereocenters. The first-order valence-corrected chi connectivity index (χ1v) is 6.56. The van der Waals surface area contributed by atoms with Gasteiger partial charge in [0.2, 0.25) is 5.91 Å². The van der Waals surface area contributed by atoms with Gasteiger partial charge >= 0.3 is 0 Å². The zero-order chi connectivity index (χ0) is 13.6. The standard InChI is InChI=1S/C12H28N4O2/c1-13-11(17)5-9-15-7-4-8-16-10-6-12(14-2)18-3/h12,14-16H,4-10H2,1-3H3,(H,13,17). The van der Waals surface area contributed by atoms with E-state index in [9.17, 15) is 4.79 Å². The average molecular weight is 260 g/mol. The Morgan fingerprint density at radius 3 is 2.33 bits per heavy atom. The molecular weight excluding hydrogens is 232 g/mol. The van der Waals surface area contributed by atoms with Crippen molar-refractivity contribution in [3.8, 4) is 0 Å². The second kappa shape index (κ2) is 12.8. The van der Waals surface area contributed by atoms with Crippen LogP contribution >= 0.6 is 0 Å². The van der Waals surface area contributed by atoms with Gasteiger partial charge in [0.15, 0.2) is 0 Å². The summed E-state index contributed by atoms with van der Waals surface area (Å²) in [4.78, 5) is 10.9. The normalized spacial score (nSPS) is 12.4. The van der Waals surface area contributed by atoms with Gasteiger partial charge in [0, 0.05) is 27.1 Å². The second-order valence-electron chi connectivity index (χ2n) is 4.08. The van der Waals surface area contributed by atoms with Gasteiger partial charge in [-0.2, -0.15) is 0 Å². The highest BCUT2D eigenvalue weighted by Crippen LogP contribution is 1.89. The first-order valence-electron chi connectivity index (χ1n) is 6.56. The summed E-state index contributed by atoms with van der Waals surface area (Å²) in [5.41, 5.74) is 0. The number of nitrogens with one attached hydrogen (secondary N) is 4. The van der Waals surface area contributed by atoms with Gasteiger partial charge in [-0.15, -0.1) is 0 Å². The van der Waals surface area contributed by atoms with Crippen molar-refractivity contribution in [2.75, 3.05) is 47.4 Å². The summed E-state index contributed by atoms with van der Waals surface area (Å²) in [6.45, 7) is 3.60. The molecule has 18 heavy (non-hydrogen) atoms. The molecule has 6 heteroatoms. The molecule has 108 valence electrons. The largest absolute Gasteiger partial charge is 0.367 e. The Labute approximate surface area is 110 Å². The van der Waals surface area contributed by atoms with E-state index in [1.165, 1.54) is 0 Å². The number of rotatable bonds is 12. The van der Waals surface area contributed by atoms with Gasteiger partial charge < -0.3 is 20.7 Å². The van der Waals surface area contributed by atoms with Gasteiger partial charge in [-0.25, -0.2) is 0 Å². The maximum absolute atomic E-state index is 10.9. The van der Waals surface area contributed by atoms with E-state index in [0.717, 1.165) is 39.0 Å². The van der Waals surface area contributed by atoms with Crippen LogP contribution in [0.2, 0.25) is 0 Å². The Kier molecular flexibility index (Phi) is 12.3. The Balaban J connectivity index is 3.14. The second-order valence-corrected chi connectivity index (χ2v) is 4.08. The highest BCUT2D eigenvalue weighted by Gasteiger charge is 2.01. The SMILES string of the molecule is CNC(=O)CCNCCCNCCC(NC)OC. The predicted molar refractivity (Wildman–Crippen MR) is 73.5 cm³/mol. The van der Waals surface area contributed by atoms with Crippen molar-refractivity contribution in [1.29, 1.82) is 0 Å². The van der Waals surface area contributed by atoms with Crippen LogP contribution in [0.3, 0.4) is 0 Å². The topological polar surface area (TPSA) is 74.4 Å². The minimum absolute atomic E-state index is 0.0818. The van der Waals surface area contributed by atoms with Gasteiger partial charge in [0.1, 0.15) is 6.23 Å². The van der Waals surface area contributed by atoms with Gasteiger partial charge in [-0.1, -0.05) is 0 Å². The molecule has 0 radical (unpaired) electrons. The highest BCUT2D eigenvalue weighted by atomic mass is 16.5. The molecule has 4 N–H and O–H groups in total. The Morgan fingerprint density at radius 2 is 1.78 bits per heavy atom. The molecule has 0 fully saturated rings. The lowest BCUT2D eigenvalue weighted by Crippen LogP contribution is -2.32. The summed E-state index contributed by atoms with van der Waals surface area (Å²) >= 11 is 0. The van der Waals surface area contributed by atoms with E-state index in [1.807, 2.05) is 7.05 Å². The van der Waals surface area contributed by atoms with Crippen LogP contribution < -0.4 is 21.3 Å². The first-order chi connectivity index (χ1) is 8.74. The predicted octanol–water partition coefficient (Wildman–Crippen LogP) is -0.726. The Hall–Kier alpha value is -0.690. The molecule has 0 rings (SSSR count). The molecule has 0 spiro atoms. The van der Waals surface area contributed by atoms with Gasteiger partial charge in [-0.3, -0.25) is 10.1 Å². The molecule has 1 atom stereocenters. The van der Waals surface area contributed by atoms with E-state index in [1.54, 1.807) is 14.2 Å². The van der Waals surface area contributed by atoms with E-state index < -0.39 is 0 Å². The maximum Gasteiger partial charge on any atom is 0.221 e. The summed E-state index contributed by atoms with van der Waals surface area (Å²) in [5.74, 6) is 0.0818. The fraction of sp³-hybridized carbons (Fsp3) is 0.917. The van der Waals surface area contributed by atoms with Crippen molar-refractivity contribution in [2.45, 2.75) is 25.5 Å². The van der Waals surface area contributed by atoms with E-state index in [2.05, 4.69) is 21.3 Å². The van der Waals surface area contributed by atoms with Gasteiger partial charge in [0.25, 0.3) is 0 Å². The molecule has 0 saturated carbocycles. The van der Waals surface area contributed by atoms with E-state index in [-0.39, 0.29) is 12.1 Å². The smallest absolute Gasteiger partial charge is 0.221 e. The number of hydrogen-bond acceptors (Lipinski definition) is 5. The summed E-state index contributed by atoms with van der Waals surface area (Å²) in [7, 11) is 5.26. The van der Waals surface area contributed by atoms with Crippen molar-refractivity contribution >= 4 is 5.91 Å². The molecule has 0 aromatic heterocycles. The molecular formula is C12H28N4O2. The van der Waals surface area contributed by atoms with Crippen LogP contribution in [0.5, 0.6) is 0 Å². The van der Waals surface area contributed by atoms with Crippen LogP contribution in [0.25, 0.3) is 0 Å². The number of carbonyl (C=O) groups excluding carboxylic acids is 1. The number of hydrogen-bond donors (Lipinski definition) is 4. The third-order valence-corrected chi connectivity index (χ3v) is 2.70. The van der Waals surface area contributed by atoms with Crippen LogP contribution in [0.15, 0.2) is 0 Å². The van der Waals surface area contributed by atoms with Crippen LogP contribution in [0.1, 0.15) is 19.3 Å². The zero-order valence-corrected chi connectivity index (χ0v) is 11.8. The zero-order valence-electron chi connectivity index (χ0n) is 11.8. The van der Waals surface area contributed by atoms with Crippen LogP contribution in [-0.2, 0) is 9.53 Å². The molecule has 0 bridgehead atoms. The minimum Gasteiger partial charge on any atom is -0.367 e. The number of amides is 1. The summed E-state index contributed by atoms with van der Waals surface area (Å²) in [6, 6.07) is 0. The third kappa shape index (κ3) is 10.5. The molecule has 0 heterocycles. The molecule has 0 aliphatic heterocycles. The van der Waals surface area contributed by atoms with Crippen LogP contribution in [-0.4, -0.2) is 59.5 Å². The lowest BCUT2D eigenvalue weighted by Gasteiger charge is -2.14. The van der Waals surface area contributed by atoms with Gasteiger partial charge in [0.05, 0.1) is 0 Å². The molecule has 0 aromatic rings. The molecule has 1 amide bonds. The lowest BCUT2D eigenvalue weighted by molar-refractivity contribution is -0.120. The molecule has 0 saturated heterocycles. The van der Waals surface area contributed by atoms with Crippen molar-refractivity contribution in [3.05, 3.63) is 0 Å². The van der Waals surface area contributed by atoms with Crippen molar-refractivity contribution in [3.63, 3.8) is 0 Å². The summed E-state index contributed by atoms with van der Waals surface area (Å²) in [6.07, 6.45) is 2.69. The summed E-state index contributed by atoms with van der Waals surface area (Å²) < 4.78 is 5.19. The Morgan fingerprint density at radius 1 is 1.11 bits per heavy atom. The monoisotopic (exact) mass is 260 g/mol. The summed E-state index contributed by atoms with van der Waals surface area (Å²) in [5, 5.41) is 12.3. The quantitative estimate of drug-likeness (QED) is 0.275. The fourth-order valence-electron chi connectivity index (χ4n) is 1.53. The van der Waals surface area contributed by atoms with Crippen molar-refractivity contribution in [2.24, 2.45) is 0 Å². The molecule has 6 nitrogen and oxygen atoms in total. The number of ether oxygens (including phenoxy) is 1. The fourth-order valence-corrected chi connectivity index (χ4v) is 1.53. The minimum atomic E-state index is 0.0818. The van der Waals surface area contributed by atoms with Crippen molar-refractivity contribution in [1.82, 2.24) is 21.3 Å². The van der Waals surface area contributed by atoms with Crippen molar-refractivity contribution < 1.29 is 9.53 Å². The average Bonchev–Trinajstić information content (AvgIpc) is 2.40. The molecule has 0 aliphatic carbocycles. The number of methoxy groups -OCH3 is 1. The van der Waals surface area contributed by atoms with Crippen LogP contribution in [0, 0.1) is 0 Å². The Bertz CT molecular complexity index is 199. The lowest BCUT2D eigenvalue weighted by atomic mass is 10.3. The first kappa shape index (κ1) is 17.3. The molecule has 0 aromatic carbocycles. The van der Waals surface area contributed by atoms with Gasteiger partial charge in [-0.05, 0) is 39.5 Å². The molecule has 0 aliphatic rings. The number of carbonyl (C=O) groups is 1. The maximum atomic E-state index is 10.9. The third-order valence-electron chi connectivity index (χ3n) is 2.70. The van der Waals surface area contributed by atoms with E-state index >= 15 is 0 Å². The van der Waals surface area contributed by atoms with E-state index in [4.69, 9.17) is 4.74 Å². The highest BCUT2D eigenvalue weighted by molar-refractivity contribution is 5.75. The van der Waals surface area contributed by atoms with Crippen LogP contribution in [0.4, 0.5) is 0 Å².